The maximum Gasteiger partial charge on any atom is 0.233 e. The van der Waals surface area contributed by atoms with E-state index >= 15 is 0 Å². The molecule has 0 spiro atoms. The third-order valence-corrected chi connectivity index (χ3v) is 4.25. The molecule has 0 aliphatic carbocycles. The molecule has 1 aromatic rings. The lowest BCUT2D eigenvalue weighted by Gasteiger charge is -2.22. The minimum atomic E-state index is -0.0955. The Labute approximate surface area is 142 Å². The van der Waals surface area contributed by atoms with E-state index < -0.39 is 0 Å². The van der Waals surface area contributed by atoms with Gasteiger partial charge in [0.1, 0.15) is 0 Å². The van der Waals surface area contributed by atoms with Crippen LogP contribution in [0.3, 0.4) is 0 Å². The number of anilines is 1. The van der Waals surface area contributed by atoms with Crippen molar-refractivity contribution in [2.45, 2.75) is 65.2 Å². The number of rotatable bonds is 9. The number of para-hydroxylation sites is 1. The van der Waals surface area contributed by atoms with E-state index in [4.69, 9.17) is 0 Å². The van der Waals surface area contributed by atoms with Crippen molar-refractivity contribution in [3.8, 4) is 0 Å². The smallest absolute Gasteiger partial charge is 0.233 e. The Morgan fingerprint density at radius 2 is 1.41 bits per heavy atom. The van der Waals surface area contributed by atoms with Crippen LogP contribution in [0.25, 0.3) is 0 Å². The predicted octanol–water partition coefficient (Wildman–Crippen LogP) is 5.47. The standard InChI is InChI=1S/C18H26BrNO2/c1-3-5-7-13-17(21)20(18(22)14-8-6-4-2)16-12-10-9-11-15(16)19/h9-12H,3-8,13-14H2,1-2H3. The summed E-state index contributed by atoms with van der Waals surface area (Å²) in [4.78, 5) is 26.4. The molecule has 3 nitrogen and oxygen atoms in total. The fourth-order valence-electron chi connectivity index (χ4n) is 2.32. The molecule has 1 rings (SSSR count). The van der Waals surface area contributed by atoms with E-state index in [1.54, 1.807) is 0 Å². The average Bonchev–Trinajstić information content (AvgIpc) is 2.50. The van der Waals surface area contributed by atoms with Gasteiger partial charge in [0.2, 0.25) is 11.8 Å². The molecule has 122 valence electrons. The number of imide groups is 1. The lowest BCUT2D eigenvalue weighted by molar-refractivity contribution is -0.126. The molecule has 0 aromatic heterocycles. The molecule has 0 fully saturated rings. The maximum absolute atomic E-state index is 12.5. The first-order valence-electron chi connectivity index (χ1n) is 8.22. The van der Waals surface area contributed by atoms with Crippen molar-refractivity contribution in [2.24, 2.45) is 0 Å². The molecule has 0 saturated heterocycles. The van der Waals surface area contributed by atoms with Crippen molar-refractivity contribution in [3.63, 3.8) is 0 Å². The maximum atomic E-state index is 12.5. The number of carbonyl (C=O) groups is 2. The average molecular weight is 368 g/mol. The monoisotopic (exact) mass is 367 g/mol. The molecule has 0 bridgehead atoms. The highest BCUT2D eigenvalue weighted by atomic mass is 79.9. The quantitative estimate of drug-likeness (QED) is 0.542. The van der Waals surface area contributed by atoms with Gasteiger partial charge in [-0.3, -0.25) is 9.59 Å². The van der Waals surface area contributed by atoms with Crippen molar-refractivity contribution in [1.29, 1.82) is 0 Å². The molecule has 0 N–H and O–H groups in total. The molecule has 0 aliphatic rings. The van der Waals surface area contributed by atoms with Crippen LogP contribution < -0.4 is 4.90 Å². The second-order valence-electron chi connectivity index (χ2n) is 5.49. The van der Waals surface area contributed by atoms with Crippen LogP contribution in [0.5, 0.6) is 0 Å². The Kier molecular flexibility index (Phi) is 9.05. The Hall–Kier alpha value is -1.16. The van der Waals surface area contributed by atoms with E-state index in [0.29, 0.717) is 18.5 Å². The molecule has 0 atom stereocenters. The first-order valence-corrected chi connectivity index (χ1v) is 9.01. The fourth-order valence-corrected chi connectivity index (χ4v) is 2.78. The highest BCUT2D eigenvalue weighted by molar-refractivity contribution is 9.10. The molecule has 1 aromatic carbocycles. The lowest BCUT2D eigenvalue weighted by atomic mass is 10.1. The van der Waals surface area contributed by atoms with Crippen molar-refractivity contribution in [2.75, 3.05) is 4.90 Å². The Morgan fingerprint density at radius 1 is 0.909 bits per heavy atom. The Bertz CT molecular complexity index is 466. The topological polar surface area (TPSA) is 37.4 Å². The van der Waals surface area contributed by atoms with Gasteiger partial charge >= 0.3 is 0 Å². The number of carbonyl (C=O) groups excluding carboxylic acids is 2. The SMILES string of the molecule is CCCCCC(=O)N(C(=O)CCCCC)c1ccccc1Br. The molecular formula is C18H26BrNO2. The predicted molar refractivity (Wildman–Crippen MR) is 94.9 cm³/mol. The molecule has 2 amide bonds. The fraction of sp³-hybridized carbons (Fsp3) is 0.556. The minimum absolute atomic E-state index is 0.0955. The molecule has 0 radical (unpaired) electrons. The van der Waals surface area contributed by atoms with Crippen LogP contribution in [0.1, 0.15) is 65.2 Å². The van der Waals surface area contributed by atoms with Crippen LogP contribution in [0.15, 0.2) is 28.7 Å². The van der Waals surface area contributed by atoms with E-state index in [1.165, 1.54) is 4.90 Å². The highest BCUT2D eigenvalue weighted by Crippen LogP contribution is 2.27. The van der Waals surface area contributed by atoms with Gasteiger partial charge < -0.3 is 0 Å². The highest BCUT2D eigenvalue weighted by Gasteiger charge is 2.24. The molecule has 0 saturated carbocycles. The number of hydrogen-bond donors (Lipinski definition) is 0. The van der Waals surface area contributed by atoms with Gasteiger partial charge in [0.15, 0.2) is 0 Å². The number of halogens is 1. The summed E-state index contributed by atoms with van der Waals surface area (Å²) in [5.74, 6) is -0.191. The van der Waals surface area contributed by atoms with Gasteiger partial charge in [-0.15, -0.1) is 0 Å². The first-order chi connectivity index (χ1) is 10.6. The van der Waals surface area contributed by atoms with Crippen molar-refractivity contribution >= 4 is 33.4 Å². The lowest BCUT2D eigenvalue weighted by Crippen LogP contribution is -2.37. The van der Waals surface area contributed by atoms with E-state index in [2.05, 4.69) is 29.8 Å². The van der Waals surface area contributed by atoms with Crippen LogP contribution in [0.2, 0.25) is 0 Å². The number of unbranched alkanes of at least 4 members (excludes halogenated alkanes) is 4. The zero-order valence-electron chi connectivity index (χ0n) is 13.6. The van der Waals surface area contributed by atoms with Gasteiger partial charge in [-0.05, 0) is 40.9 Å². The van der Waals surface area contributed by atoms with E-state index in [9.17, 15) is 9.59 Å². The number of nitrogens with zero attached hydrogens (tertiary/aromatic N) is 1. The van der Waals surface area contributed by atoms with Gasteiger partial charge in [0.05, 0.1) is 5.69 Å². The molecule has 0 aliphatic heterocycles. The van der Waals surface area contributed by atoms with E-state index in [-0.39, 0.29) is 11.8 Å². The summed E-state index contributed by atoms with van der Waals surface area (Å²) in [6.45, 7) is 4.21. The summed E-state index contributed by atoms with van der Waals surface area (Å²) >= 11 is 3.45. The van der Waals surface area contributed by atoms with Crippen molar-refractivity contribution < 1.29 is 9.59 Å². The van der Waals surface area contributed by atoms with Crippen LogP contribution in [-0.2, 0) is 9.59 Å². The van der Waals surface area contributed by atoms with Gasteiger partial charge in [-0.2, -0.15) is 0 Å². The van der Waals surface area contributed by atoms with E-state index in [0.717, 1.165) is 43.0 Å². The summed E-state index contributed by atoms with van der Waals surface area (Å²) in [5, 5.41) is 0. The first kappa shape index (κ1) is 18.9. The zero-order valence-corrected chi connectivity index (χ0v) is 15.2. The summed E-state index contributed by atoms with van der Waals surface area (Å²) in [5.41, 5.74) is 0.658. The third kappa shape index (κ3) is 5.91. The third-order valence-electron chi connectivity index (χ3n) is 3.58. The normalized spacial score (nSPS) is 10.5. The summed E-state index contributed by atoms with van der Waals surface area (Å²) < 4.78 is 0.780. The van der Waals surface area contributed by atoms with Crippen LogP contribution in [-0.4, -0.2) is 11.8 Å². The molecule has 4 heteroatoms. The van der Waals surface area contributed by atoms with Gasteiger partial charge in [0.25, 0.3) is 0 Å². The van der Waals surface area contributed by atoms with Gasteiger partial charge in [0, 0.05) is 17.3 Å². The second kappa shape index (κ2) is 10.5. The largest absolute Gasteiger partial charge is 0.274 e. The van der Waals surface area contributed by atoms with Gasteiger partial charge in [-0.25, -0.2) is 4.90 Å². The van der Waals surface area contributed by atoms with Crippen molar-refractivity contribution in [3.05, 3.63) is 28.7 Å². The zero-order chi connectivity index (χ0) is 16.4. The minimum Gasteiger partial charge on any atom is -0.274 e. The Morgan fingerprint density at radius 3 is 1.86 bits per heavy atom. The molecule has 0 heterocycles. The molecular weight excluding hydrogens is 342 g/mol. The summed E-state index contributed by atoms with van der Waals surface area (Å²) in [7, 11) is 0. The Balaban J connectivity index is 2.87. The van der Waals surface area contributed by atoms with Crippen LogP contribution in [0.4, 0.5) is 5.69 Å². The van der Waals surface area contributed by atoms with Gasteiger partial charge in [-0.1, -0.05) is 51.7 Å². The summed E-state index contributed by atoms with van der Waals surface area (Å²) in [6, 6.07) is 7.42. The number of hydrogen-bond acceptors (Lipinski definition) is 2. The number of amides is 2. The van der Waals surface area contributed by atoms with Crippen LogP contribution in [0, 0.1) is 0 Å². The summed E-state index contributed by atoms with van der Waals surface area (Å²) in [6.07, 6.45) is 6.67. The van der Waals surface area contributed by atoms with E-state index in [1.807, 2.05) is 24.3 Å². The van der Waals surface area contributed by atoms with Crippen LogP contribution >= 0.6 is 15.9 Å². The number of benzene rings is 1. The van der Waals surface area contributed by atoms with Crippen molar-refractivity contribution in [1.82, 2.24) is 0 Å². The second-order valence-corrected chi connectivity index (χ2v) is 6.34. The molecule has 22 heavy (non-hydrogen) atoms. The molecule has 0 unspecified atom stereocenters.